The van der Waals surface area contributed by atoms with E-state index < -0.39 is 0 Å². The number of anilines is 1. The first-order valence-corrected chi connectivity index (χ1v) is 7.48. The van der Waals surface area contributed by atoms with Gasteiger partial charge in [0.05, 0.1) is 11.8 Å². The maximum atomic E-state index is 12.1. The van der Waals surface area contributed by atoms with Crippen LogP contribution in [-0.2, 0) is 0 Å². The second-order valence-electron chi connectivity index (χ2n) is 4.93. The molecule has 2 heterocycles. The van der Waals surface area contributed by atoms with Crippen LogP contribution in [0.15, 0.2) is 61.3 Å². The number of aromatic nitrogens is 4. The number of nitrogens with zero attached hydrogens (tertiary/aromatic N) is 4. The first kappa shape index (κ1) is 15.5. The van der Waals surface area contributed by atoms with Crippen LogP contribution in [0.2, 0.25) is 0 Å². The van der Waals surface area contributed by atoms with E-state index in [1.807, 2.05) is 30.3 Å². The number of hydrogen-bond acceptors (Lipinski definition) is 6. The Labute approximate surface area is 139 Å². The van der Waals surface area contributed by atoms with Gasteiger partial charge in [-0.25, -0.2) is 15.0 Å². The van der Waals surface area contributed by atoms with Gasteiger partial charge >= 0.3 is 0 Å². The number of rotatable bonds is 6. The number of benzene rings is 1. The van der Waals surface area contributed by atoms with E-state index in [9.17, 15) is 4.79 Å². The summed E-state index contributed by atoms with van der Waals surface area (Å²) in [5.41, 5.74) is 1.34. The van der Waals surface area contributed by atoms with E-state index in [1.54, 1.807) is 18.6 Å². The molecule has 0 aliphatic rings. The third-order valence-electron chi connectivity index (χ3n) is 3.23. The molecule has 7 heteroatoms. The van der Waals surface area contributed by atoms with Crippen molar-refractivity contribution in [3.63, 3.8) is 0 Å². The standard InChI is InChI=1S/C17H16N6O/c24-17(21-9-8-20-15-12-18-6-7-19-15)14-10-22-16(23-11-14)13-4-2-1-3-5-13/h1-7,10-12H,8-9H2,(H,19,20)(H,21,24). The molecule has 0 spiro atoms. The highest BCUT2D eigenvalue weighted by molar-refractivity contribution is 5.93. The highest BCUT2D eigenvalue weighted by Gasteiger charge is 2.07. The molecule has 3 rings (SSSR count). The molecule has 0 atom stereocenters. The van der Waals surface area contributed by atoms with Crippen LogP contribution in [0.1, 0.15) is 10.4 Å². The largest absolute Gasteiger partial charge is 0.367 e. The van der Waals surface area contributed by atoms with Gasteiger partial charge in [0.1, 0.15) is 5.82 Å². The fraction of sp³-hybridized carbons (Fsp3) is 0.118. The van der Waals surface area contributed by atoms with E-state index in [2.05, 4.69) is 30.6 Å². The van der Waals surface area contributed by atoms with Gasteiger partial charge in [0.25, 0.3) is 5.91 Å². The molecule has 3 aromatic rings. The van der Waals surface area contributed by atoms with Crippen molar-refractivity contribution in [3.8, 4) is 11.4 Å². The highest BCUT2D eigenvalue weighted by Crippen LogP contribution is 2.13. The van der Waals surface area contributed by atoms with Gasteiger partial charge in [-0.1, -0.05) is 30.3 Å². The lowest BCUT2D eigenvalue weighted by molar-refractivity contribution is 0.0954. The van der Waals surface area contributed by atoms with Gasteiger partial charge in [0, 0.05) is 43.4 Å². The van der Waals surface area contributed by atoms with Crippen LogP contribution in [0, 0.1) is 0 Å². The Morgan fingerprint density at radius 2 is 1.71 bits per heavy atom. The lowest BCUT2D eigenvalue weighted by Crippen LogP contribution is -2.29. The Morgan fingerprint density at radius 3 is 2.42 bits per heavy atom. The molecule has 0 aliphatic carbocycles. The molecule has 0 bridgehead atoms. The van der Waals surface area contributed by atoms with E-state index in [4.69, 9.17) is 0 Å². The van der Waals surface area contributed by atoms with Crippen molar-refractivity contribution in [2.24, 2.45) is 0 Å². The van der Waals surface area contributed by atoms with Gasteiger partial charge in [-0.05, 0) is 0 Å². The van der Waals surface area contributed by atoms with Crippen LogP contribution in [0.4, 0.5) is 5.82 Å². The summed E-state index contributed by atoms with van der Waals surface area (Å²) < 4.78 is 0. The second-order valence-corrected chi connectivity index (χ2v) is 4.93. The minimum atomic E-state index is -0.212. The van der Waals surface area contributed by atoms with Gasteiger partial charge in [0.15, 0.2) is 5.82 Å². The third-order valence-corrected chi connectivity index (χ3v) is 3.23. The van der Waals surface area contributed by atoms with Crippen molar-refractivity contribution in [1.29, 1.82) is 0 Å². The zero-order valence-electron chi connectivity index (χ0n) is 12.9. The first-order valence-electron chi connectivity index (χ1n) is 7.48. The van der Waals surface area contributed by atoms with Gasteiger partial charge < -0.3 is 10.6 Å². The topological polar surface area (TPSA) is 92.7 Å². The Kier molecular flexibility index (Phi) is 5.03. The van der Waals surface area contributed by atoms with Gasteiger partial charge in [-0.2, -0.15) is 0 Å². The molecule has 0 unspecified atom stereocenters. The van der Waals surface area contributed by atoms with Crippen molar-refractivity contribution >= 4 is 11.7 Å². The molecular weight excluding hydrogens is 304 g/mol. The SMILES string of the molecule is O=C(NCCNc1cnccn1)c1cnc(-c2ccccc2)nc1. The number of nitrogens with one attached hydrogen (secondary N) is 2. The Bertz CT molecular complexity index is 777. The Hall–Kier alpha value is -3.35. The summed E-state index contributed by atoms with van der Waals surface area (Å²) in [6.45, 7) is 1.00. The van der Waals surface area contributed by atoms with E-state index >= 15 is 0 Å². The van der Waals surface area contributed by atoms with Crippen molar-refractivity contribution in [2.75, 3.05) is 18.4 Å². The maximum Gasteiger partial charge on any atom is 0.254 e. The minimum Gasteiger partial charge on any atom is -0.367 e. The van der Waals surface area contributed by atoms with E-state index in [-0.39, 0.29) is 5.91 Å². The Morgan fingerprint density at radius 1 is 0.917 bits per heavy atom. The number of carbonyl (C=O) groups excluding carboxylic acids is 1. The lowest BCUT2D eigenvalue weighted by atomic mass is 10.2. The predicted octanol–water partition coefficient (Wildman–Crippen LogP) is 1.78. The number of amides is 1. The average Bonchev–Trinajstić information content (AvgIpc) is 2.67. The summed E-state index contributed by atoms with van der Waals surface area (Å²) in [4.78, 5) is 28.6. The molecule has 2 N–H and O–H groups in total. The normalized spacial score (nSPS) is 10.2. The molecule has 7 nitrogen and oxygen atoms in total. The first-order chi connectivity index (χ1) is 11.8. The molecule has 24 heavy (non-hydrogen) atoms. The van der Waals surface area contributed by atoms with Crippen molar-refractivity contribution in [3.05, 3.63) is 66.9 Å². The second kappa shape index (κ2) is 7.77. The van der Waals surface area contributed by atoms with Crippen LogP contribution < -0.4 is 10.6 Å². The van der Waals surface area contributed by atoms with Crippen molar-refractivity contribution < 1.29 is 4.79 Å². The number of hydrogen-bond donors (Lipinski definition) is 2. The zero-order valence-corrected chi connectivity index (χ0v) is 12.9. The molecule has 0 radical (unpaired) electrons. The van der Waals surface area contributed by atoms with Gasteiger partial charge in [-0.15, -0.1) is 0 Å². The molecule has 0 saturated carbocycles. The molecule has 0 aliphatic heterocycles. The van der Waals surface area contributed by atoms with Crippen molar-refractivity contribution in [2.45, 2.75) is 0 Å². The predicted molar refractivity (Wildman–Crippen MR) is 90.3 cm³/mol. The number of carbonyl (C=O) groups is 1. The van der Waals surface area contributed by atoms with Gasteiger partial charge in [0.2, 0.25) is 0 Å². The quantitative estimate of drug-likeness (QED) is 0.673. The Balaban J connectivity index is 1.50. The van der Waals surface area contributed by atoms with Crippen LogP contribution >= 0.6 is 0 Å². The zero-order chi connectivity index (χ0) is 16.6. The average molecular weight is 320 g/mol. The van der Waals surface area contributed by atoms with Gasteiger partial charge in [-0.3, -0.25) is 9.78 Å². The smallest absolute Gasteiger partial charge is 0.254 e. The molecule has 120 valence electrons. The fourth-order valence-corrected chi connectivity index (χ4v) is 2.04. The van der Waals surface area contributed by atoms with E-state index in [1.165, 1.54) is 12.4 Å². The van der Waals surface area contributed by atoms with Crippen molar-refractivity contribution in [1.82, 2.24) is 25.3 Å². The van der Waals surface area contributed by atoms with Crippen LogP contribution in [-0.4, -0.2) is 38.9 Å². The summed E-state index contributed by atoms with van der Waals surface area (Å²) >= 11 is 0. The van der Waals surface area contributed by atoms with Crippen LogP contribution in [0.5, 0.6) is 0 Å². The van der Waals surface area contributed by atoms with Crippen LogP contribution in [0.25, 0.3) is 11.4 Å². The monoisotopic (exact) mass is 320 g/mol. The molecule has 1 amide bonds. The van der Waals surface area contributed by atoms with E-state index in [0.717, 1.165) is 5.56 Å². The molecule has 0 saturated heterocycles. The molecule has 0 fully saturated rings. The molecule has 2 aromatic heterocycles. The van der Waals surface area contributed by atoms with E-state index in [0.29, 0.717) is 30.3 Å². The lowest BCUT2D eigenvalue weighted by Gasteiger charge is -2.07. The molecule has 1 aromatic carbocycles. The highest BCUT2D eigenvalue weighted by atomic mass is 16.1. The fourth-order valence-electron chi connectivity index (χ4n) is 2.04. The maximum absolute atomic E-state index is 12.1. The van der Waals surface area contributed by atoms with Crippen LogP contribution in [0.3, 0.4) is 0 Å². The summed E-state index contributed by atoms with van der Waals surface area (Å²) in [7, 11) is 0. The summed E-state index contributed by atoms with van der Waals surface area (Å²) in [6, 6.07) is 9.62. The minimum absolute atomic E-state index is 0.212. The third kappa shape index (κ3) is 4.10. The summed E-state index contributed by atoms with van der Waals surface area (Å²) in [6.07, 6.45) is 7.89. The summed E-state index contributed by atoms with van der Waals surface area (Å²) in [5.74, 6) is 1.05. The summed E-state index contributed by atoms with van der Waals surface area (Å²) in [5, 5.41) is 5.86. The molecular formula is C17H16N6O.